The number of hydrogen-bond donors (Lipinski definition) is 2. The zero-order valence-electron chi connectivity index (χ0n) is 21.9. The summed E-state index contributed by atoms with van der Waals surface area (Å²) in [6, 6.07) is 20.9. The molecule has 3 aromatic carbocycles. The van der Waals surface area contributed by atoms with Crippen molar-refractivity contribution in [1.29, 1.82) is 0 Å². The van der Waals surface area contributed by atoms with E-state index in [1.807, 2.05) is 43.3 Å². The Kier molecular flexibility index (Phi) is 10.5. The van der Waals surface area contributed by atoms with Gasteiger partial charge in [-0.1, -0.05) is 72.6 Å². The van der Waals surface area contributed by atoms with Crippen LogP contribution in [0, 0.1) is 6.92 Å². The van der Waals surface area contributed by atoms with Crippen LogP contribution in [0.2, 0.25) is 5.02 Å². The second-order valence-electron chi connectivity index (χ2n) is 9.17. The van der Waals surface area contributed by atoms with Crippen molar-refractivity contribution in [3.05, 3.63) is 100 Å². The fourth-order valence-electron chi connectivity index (χ4n) is 3.92. The van der Waals surface area contributed by atoms with E-state index in [0.717, 1.165) is 22.3 Å². The molecule has 3 aromatic rings. The lowest BCUT2D eigenvalue weighted by molar-refractivity contribution is -0.140. The molecule has 2 amide bonds. The molecule has 0 spiro atoms. The zero-order valence-corrected chi connectivity index (χ0v) is 23.5. The van der Waals surface area contributed by atoms with Gasteiger partial charge in [0.25, 0.3) is 0 Å². The molecule has 0 aliphatic heterocycles. The summed E-state index contributed by atoms with van der Waals surface area (Å²) >= 11 is 6.02. The summed E-state index contributed by atoms with van der Waals surface area (Å²) in [6.07, 6.45) is 0.581. The van der Waals surface area contributed by atoms with Gasteiger partial charge in [0.1, 0.15) is 6.04 Å². The molecule has 0 saturated heterocycles. The number of aryl methyl sites for hydroxylation is 2. The molecular weight excluding hydrogens is 522 g/mol. The molecule has 0 bridgehead atoms. The Hall–Kier alpha value is -3.20. The average molecular weight is 556 g/mol. The summed E-state index contributed by atoms with van der Waals surface area (Å²) in [5.74, 6) is -0.423. The number of hydrogen-bond acceptors (Lipinski definition) is 4. The van der Waals surface area contributed by atoms with Crippen LogP contribution in [-0.2, 0) is 39.1 Å². The van der Waals surface area contributed by atoms with Gasteiger partial charge in [-0.3, -0.25) is 9.59 Å². The lowest BCUT2D eigenvalue weighted by Crippen LogP contribution is -2.47. The molecule has 0 aromatic heterocycles. The largest absolute Gasteiger partial charge is 0.350 e. The SMILES string of the molecule is CCNS(=O)(=O)c1ccc(CCC(=O)N(Cc2ccc(Cl)cc2)C(C)C(=O)NCc2ccc(C)cc2)cc1. The molecule has 0 aliphatic rings. The molecular formula is C29H34ClN3O4S. The minimum Gasteiger partial charge on any atom is -0.350 e. The van der Waals surface area contributed by atoms with E-state index >= 15 is 0 Å². The molecule has 3 rings (SSSR count). The minimum absolute atomic E-state index is 0.169. The summed E-state index contributed by atoms with van der Waals surface area (Å²) in [7, 11) is -3.54. The van der Waals surface area contributed by atoms with E-state index in [1.165, 1.54) is 12.1 Å². The van der Waals surface area contributed by atoms with E-state index < -0.39 is 16.1 Å². The third kappa shape index (κ3) is 8.41. The van der Waals surface area contributed by atoms with E-state index in [9.17, 15) is 18.0 Å². The highest BCUT2D eigenvalue weighted by Gasteiger charge is 2.26. The summed E-state index contributed by atoms with van der Waals surface area (Å²) in [5, 5.41) is 3.53. The highest BCUT2D eigenvalue weighted by atomic mass is 35.5. The van der Waals surface area contributed by atoms with Crippen LogP contribution in [0.3, 0.4) is 0 Å². The molecule has 0 heterocycles. The van der Waals surface area contributed by atoms with Crippen molar-refractivity contribution >= 4 is 33.4 Å². The Balaban J connectivity index is 1.69. The number of nitrogens with zero attached hydrogens (tertiary/aromatic N) is 1. The van der Waals surface area contributed by atoms with Gasteiger partial charge in [0.05, 0.1) is 4.90 Å². The lowest BCUT2D eigenvalue weighted by atomic mass is 10.1. The molecule has 9 heteroatoms. The van der Waals surface area contributed by atoms with Crippen molar-refractivity contribution in [2.75, 3.05) is 6.54 Å². The third-order valence-electron chi connectivity index (χ3n) is 6.22. The summed E-state index contributed by atoms with van der Waals surface area (Å²) < 4.78 is 26.8. The van der Waals surface area contributed by atoms with Crippen LogP contribution >= 0.6 is 11.6 Å². The van der Waals surface area contributed by atoms with Crippen molar-refractivity contribution in [1.82, 2.24) is 14.9 Å². The smallest absolute Gasteiger partial charge is 0.242 e. The summed E-state index contributed by atoms with van der Waals surface area (Å²) in [4.78, 5) is 28.2. The quantitative estimate of drug-likeness (QED) is 0.341. The molecule has 202 valence electrons. The molecule has 0 aliphatic carbocycles. The highest BCUT2D eigenvalue weighted by molar-refractivity contribution is 7.89. The first kappa shape index (κ1) is 29.4. The Morgan fingerprint density at radius 1 is 0.895 bits per heavy atom. The maximum absolute atomic E-state index is 13.4. The standard InChI is InChI=1S/C29H34ClN3O4S/c1-4-32-38(36,37)27-16-11-23(12-17-27)13-18-28(34)33(20-25-9-14-26(30)15-10-25)22(3)29(35)31-19-24-7-5-21(2)6-8-24/h5-12,14-17,22,32H,4,13,18-20H2,1-3H3,(H,31,35). The van der Waals surface area contributed by atoms with E-state index in [1.54, 1.807) is 43.0 Å². The Morgan fingerprint density at radius 2 is 1.47 bits per heavy atom. The van der Waals surface area contributed by atoms with E-state index in [2.05, 4.69) is 10.0 Å². The van der Waals surface area contributed by atoms with Crippen LogP contribution in [0.1, 0.15) is 42.5 Å². The number of nitrogens with one attached hydrogen (secondary N) is 2. The second-order valence-corrected chi connectivity index (χ2v) is 11.4. The van der Waals surface area contributed by atoms with Gasteiger partial charge in [-0.25, -0.2) is 13.1 Å². The number of amides is 2. The Morgan fingerprint density at radius 3 is 2.08 bits per heavy atom. The molecule has 38 heavy (non-hydrogen) atoms. The van der Waals surface area contributed by atoms with Gasteiger partial charge in [-0.2, -0.15) is 0 Å². The topological polar surface area (TPSA) is 95.6 Å². The van der Waals surface area contributed by atoms with Gasteiger partial charge in [0.2, 0.25) is 21.8 Å². The number of carbonyl (C=O) groups is 2. The van der Waals surface area contributed by atoms with Gasteiger partial charge in [-0.15, -0.1) is 0 Å². The first-order valence-corrected chi connectivity index (χ1v) is 14.4. The normalized spacial score (nSPS) is 12.1. The molecule has 0 saturated carbocycles. The average Bonchev–Trinajstić information content (AvgIpc) is 2.90. The van der Waals surface area contributed by atoms with E-state index in [4.69, 9.17) is 11.6 Å². The van der Waals surface area contributed by atoms with Crippen molar-refractivity contribution in [3.8, 4) is 0 Å². The molecule has 0 radical (unpaired) electrons. The van der Waals surface area contributed by atoms with Crippen molar-refractivity contribution in [3.63, 3.8) is 0 Å². The maximum Gasteiger partial charge on any atom is 0.242 e. The van der Waals surface area contributed by atoms with Crippen molar-refractivity contribution in [2.45, 2.75) is 57.6 Å². The number of rotatable bonds is 12. The highest BCUT2D eigenvalue weighted by Crippen LogP contribution is 2.17. The van der Waals surface area contributed by atoms with Gasteiger partial charge in [0.15, 0.2) is 0 Å². The van der Waals surface area contributed by atoms with E-state index in [0.29, 0.717) is 24.5 Å². The van der Waals surface area contributed by atoms with Gasteiger partial charge in [-0.05, 0) is 61.2 Å². The summed E-state index contributed by atoms with van der Waals surface area (Å²) in [6.45, 7) is 6.38. The summed E-state index contributed by atoms with van der Waals surface area (Å²) in [5.41, 5.74) is 3.81. The predicted octanol–water partition coefficient (Wildman–Crippen LogP) is 4.61. The van der Waals surface area contributed by atoms with Crippen molar-refractivity contribution in [2.24, 2.45) is 0 Å². The van der Waals surface area contributed by atoms with Crippen LogP contribution in [-0.4, -0.2) is 37.7 Å². The maximum atomic E-state index is 13.4. The first-order valence-electron chi connectivity index (χ1n) is 12.5. The zero-order chi connectivity index (χ0) is 27.7. The number of benzene rings is 3. The monoisotopic (exact) mass is 555 g/mol. The van der Waals surface area contributed by atoms with Gasteiger partial charge in [0, 0.05) is 31.1 Å². The molecule has 2 N–H and O–H groups in total. The van der Waals surface area contributed by atoms with Gasteiger partial charge < -0.3 is 10.2 Å². The number of carbonyl (C=O) groups excluding carboxylic acids is 2. The fraction of sp³-hybridized carbons (Fsp3) is 0.310. The van der Waals surface area contributed by atoms with Crippen molar-refractivity contribution < 1.29 is 18.0 Å². The van der Waals surface area contributed by atoms with Crippen LogP contribution < -0.4 is 10.0 Å². The predicted molar refractivity (Wildman–Crippen MR) is 150 cm³/mol. The van der Waals surface area contributed by atoms with Gasteiger partial charge >= 0.3 is 0 Å². The lowest BCUT2D eigenvalue weighted by Gasteiger charge is -2.29. The van der Waals surface area contributed by atoms with E-state index in [-0.39, 0.29) is 29.7 Å². The third-order valence-corrected chi connectivity index (χ3v) is 8.03. The molecule has 0 fully saturated rings. The van der Waals surface area contributed by atoms with Crippen LogP contribution in [0.15, 0.2) is 77.7 Å². The Bertz CT molecular complexity index is 1330. The van der Waals surface area contributed by atoms with Crippen LogP contribution in [0.5, 0.6) is 0 Å². The molecule has 1 atom stereocenters. The second kappa shape index (κ2) is 13.6. The first-order chi connectivity index (χ1) is 18.1. The minimum atomic E-state index is -3.54. The Labute approximate surface area is 230 Å². The number of halogens is 1. The van der Waals surface area contributed by atoms with Crippen LogP contribution in [0.25, 0.3) is 0 Å². The molecule has 7 nitrogen and oxygen atoms in total. The molecule has 1 unspecified atom stereocenters. The van der Waals surface area contributed by atoms with Crippen LogP contribution in [0.4, 0.5) is 0 Å². The number of sulfonamides is 1. The fourth-order valence-corrected chi connectivity index (χ4v) is 5.08.